The summed E-state index contributed by atoms with van der Waals surface area (Å²) in [5.41, 5.74) is 6.89. The lowest BCUT2D eigenvalue weighted by atomic mass is 9.99. The quantitative estimate of drug-likeness (QED) is 0.755. The van der Waals surface area contributed by atoms with Gasteiger partial charge in [-0.1, -0.05) is 42.5 Å². The summed E-state index contributed by atoms with van der Waals surface area (Å²) < 4.78 is 0. The van der Waals surface area contributed by atoms with Gasteiger partial charge in [0.25, 0.3) is 0 Å². The van der Waals surface area contributed by atoms with E-state index in [4.69, 9.17) is 5.73 Å². The second-order valence-electron chi connectivity index (χ2n) is 3.98. The molecule has 80 valence electrons. The van der Waals surface area contributed by atoms with E-state index in [1.54, 1.807) is 0 Å². The van der Waals surface area contributed by atoms with Crippen molar-refractivity contribution in [2.24, 2.45) is 10.7 Å². The van der Waals surface area contributed by atoms with Crippen molar-refractivity contribution >= 4 is 16.7 Å². The van der Waals surface area contributed by atoms with Gasteiger partial charge in [0.1, 0.15) is 0 Å². The molecule has 0 radical (unpaired) electrons. The molecule has 2 aromatic rings. The van der Waals surface area contributed by atoms with Crippen LogP contribution in [-0.4, -0.2) is 12.5 Å². The maximum absolute atomic E-state index is 5.65. The third kappa shape index (κ3) is 1.41. The van der Waals surface area contributed by atoms with Crippen LogP contribution in [0.1, 0.15) is 11.6 Å². The molecule has 1 aliphatic rings. The first-order chi connectivity index (χ1) is 7.84. The smallest absolute Gasteiger partial charge is 0.189 e. The number of hydrogen-bond acceptors (Lipinski definition) is 3. The van der Waals surface area contributed by atoms with Crippen LogP contribution in [0, 0.1) is 0 Å². The van der Waals surface area contributed by atoms with Crippen LogP contribution >= 0.6 is 0 Å². The summed E-state index contributed by atoms with van der Waals surface area (Å²) in [5.74, 6) is 0.540. The molecule has 1 atom stereocenters. The molecule has 2 aromatic carbocycles. The number of guanidine groups is 1. The Labute approximate surface area is 94.0 Å². The summed E-state index contributed by atoms with van der Waals surface area (Å²) in [6, 6.07) is 14.8. The van der Waals surface area contributed by atoms with E-state index in [9.17, 15) is 0 Å². The lowest BCUT2D eigenvalue weighted by molar-refractivity contribution is 0.757. The monoisotopic (exact) mass is 211 g/mol. The van der Waals surface area contributed by atoms with Crippen molar-refractivity contribution in [2.75, 3.05) is 6.54 Å². The van der Waals surface area contributed by atoms with Crippen molar-refractivity contribution in [3.63, 3.8) is 0 Å². The fraction of sp³-hybridized carbons (Fsp3) is 0.154. The zero-order valence-electron chi connectivity index (χ0n) is 8.85. The maximum atomic E-state index is 5.65. The number of hydrogen-bond donors (Lipinski definition) is 2. The van der Waals surface area contributed by atoms with E-state index >= 15 is 0 Å². The molecule has 0 amide bonds. The summed E-state index contributed by atoms with van der Waals surface area (Å²) in [7, 11) is 0. The molecule has 0 unspecified atom stereocenters. The highest BCUT2D eigenvalue weighted by Crippen LogP contribution is 2.27. The minimum absolute atomic E-state index is 0.145. The number of nitrogens with two attached hydrogens (primary N) is 1. The van der Waals surface area contributed by atoms with Crippen LogP contribution in [0.3, 0.4) is 0 Å². The van der Waals surface area contributed by atoms with Crippen molar-refractivity contribution in [3.05, 3.63) is 48.0 Å². The minimum atomic E-state index is 0.145. The topological polar surface area (TPSA) is 50.4 Å². The van der Waals surface area contributed by atoms with E-state index in [-0.39, 0.29) is 6.04 Å². The molecule has 3 rings (SSSR count). The number of nitrogens with one attached hydrogen (secondary N) is 1. The van der Waals surface area contributed by atoms with E-state index < -0.39 is 0 Å². The van der Waals surface area contributed by atoms with Gasteiger partial charge in [0.05, 0.1) is 6.04 Å². The predicted octanol–water partition coefficient (Wildman–Crippen LogP) is 1.80. The number of aliphatic imine (C=N–C) groups is 1. The fourth-order valence-electron chi connectivity index (χ4n) is 2.18. The molecule has 1 heterocycles. The molecule has 0 aliphatic carbocycles. The SMILES string of the molecule is NC1=N[C@H](c2cccc3ccccc23)CN1. The van der Waals surface area contributed by atoms with Crippen molar-refractivity contribution in [3.8, 4) is 0 Å². The molecule has 0 spiro atoms. The average molecular weight is 211 g/mol. The molecular weight excluding hydrogens is 198 g/mol. The van der Waals surface area contributed by atoms with Crippen LogP contribution < -0.4 is 11.1 Å². The van der Waals surface area contributed by atoms with Crippen molar-refractivity contribution in [2.45, 2.75) is 6.04 Å². The van der Waals surface area contributed by atoms with Gasteiger partial charge in [0.2, 0.25) is 0 Å². The molecule has 0 bridgehead atoms. The Morgan fingerprint density at radius 2 is 1.94 bits per heavy atom. The average Bonchev–Trinajstić information content (AvgIpc) is 2.75. The molecule has 3 nitrogen and oxygen atoms in total. The Morgan fingerprint density at radius 1 is 1.12 bits per heavy atom. The Hall–Kier alpha value is -2.03. The molecule has 0 aromatic heterocycles. The van der Waals surface area contributed by atoms with Crippen LogP contribution in [0.15, 0.2) is 47.5 Å². The van der Waals surface area contributed by atoms with Gasteiger partial charge < -0.3 is 11.1 Å². The molecule has 0 saturated carbocycles. The van der Waals surface area contributed by atoms with Gasteiger partial charge in [-0.2, -0.15) is 0 Å². The van der Waals surface area contributed by atoms with Crippen molar-refractivity contribution in [1.29, 1.82) is 0 Å². The van der Waals surface area contributed by atoms with Gasteiger partial charge in [0.15, 0.2) is 5.96 Å². The van der Waals surface area contributed by atoms with E-state index in [2.05, 4.69) is 52.8 Å². The van der Waals surface area contributed by atoms with Crippen molar-refractivity contribution in [1.82, 2.24) is 5.32 Å². The zero-order chi connectivity index (χ0) is 11.0. The van der Waals surface area contributed by atoms with Gasteiger partial charge in [-0.3, -0.25) is 0 Å². The summed E-state index contributed by atoms with van der Waals surface area (Å²) in [5, 5.41) is 5.57. The Morgan fingerprint density at radius 3 is 2.75 bits per heavy atom. The Balaban J connectivity index is 2.17. The van der Waals surface area contributed by atoms with Crippen LogP contribution in [0.5, 0.6) is 0 Å². The number of fused-ring (bicyclic) bond motifs is 1. The molecule has 3 N–H and O–H groups in total. The highest BCUT2D eigenvalue weighted by molar-refractivity contribution is 5.87. The van der Waals surface area contributed by atoms with Gasteiger partial charge >= 0.3 is 0 Å². The fourth-order valence-corrected chi connectivity index (χ4v) is 2.18. The number of rotatable bonds is 1. The second-order valence-corrected chi connectivity index (χ2v) is 3.98. The second kappa shape index (κ2) is 3.52. The third-order valence-electron chi connectivity index (χ3n) is 2.95. The van der Waals surface area contributed by atoms with Gasteiger partial charge in [-0.15, -0.1) is 0 Å². The van der Waals surface area contributed by atoms with Crippen LogP contribution in [-0.2, 0) is 0 Å². The summed E-state index contributed by atoms with van der Waals surface area (Å²) in [6.45, 7) is 0.792. The number of benzene rings is 2. The third-order valence-corrected chi connectivity index (χ3v) is 2.95. The van der Waals surface area contributed by atoms with Gasteiger partial charge in [0, 0.05) is 6.54 Å². The van der Waals surface area contributed by atoms with E-state index in [0.717, 1.165) is 6.54 Å². The lowest BCUT2D eigenvalue weighted by Crippen LogP contribution is -2.26. The molecule has 0 fully saturated rings. The summed E-state index contributed by atoms with van der Waals surface area (Å²) >= 11 is 0. The van der Waals surface area contributed by atoms with Crippen LogP contribution in [0.25, 0.3) is 10.8 Å². The highest BCUT2D eigenvalue weighted by Gasteiger charge is 2.18. The van der Waals surface area contributed by atoms with Gasteiger partial charge in [-0.05, 0) is 16.3 Å². The molecule has 16 heavy (non-hydrogen) atoms. The first-order valence-electron chi connectivity index (χ1n) is 5.39. The molecule has 0 saturated heterocycles. The highest BCUT2D eigenvalue weighted by atomic mass is 15.2. The standard InChI is InChI=1S/C13H13N3/c14-13-15-8-12(16-13)11-7-3-5-9-4-1-2-6-10(9)11/h1-7,12H,8H2,(H3,14,15,16)/t12-/m0/s1. The van der Waals surface area contributed by atoms with E-state index in [1.165, 1.54) is 16.3 Å². The van der Waals surface area contributed by atoms with Crippen molar-refractivity contribution < 1.29 is 0 Å². The summed E-state index contributed by atoms with van der Waals surface area (Å²) in [4.78, 5) is 4.39. The first-order valence-corrected chi connectivity index (χ1v) is 5.39. The Kier molecular flexibility index (Phi) is 2.03. The predicted molar refractivity (Wildman–Crippen MR) is 66.3 cm³/mol. The first kappa shape index (κ1) is 9.21. The van der Waals surface area contributed by atoms with Gasteiger partial charge in [-0.25, -0.2) is 4.99 Å². The molecular formula is C13H13N3. The zero-order valence-corrected chi connectivity index (χ0v) is 8.85. The van der Waals surface area contributed by atoms with E-state index in [1.807, 2.05) is 0 Å². The van der Waals surface area contributed by atoms with E-state index in [0.29, 0.717) is 5.96 Å². The Bertz CT molecular complexity index is 555. The maximum Gasteiger partial charge on any atom is 0.189 e. The number of nitrogens with zero attached hydrogens (tertiary/aromatic N) is 1. The lowest BCUT2D eigenvalue weighted by Gasteiger charge is -2.09. The largest absolute Gasteiger partial charge is 0.370 e. The minimum Gasteiger partial charge on any atom is -0.370 e. The molecule has 3 heteroatoms. The summed E-state index contributed by atoms with van der Waals surface area (Å²) in [6.07, 6.45) is 0. The molecule has 1 aliphatic heterocycles. The van der Waals surface area contributed by atoms with Crippen LogP contribution in [0.4, 0.5) is 0 Å². The normalized spacial score (nSPS) is 19.5. The van der Waals surface area contributed by atoms with Crippen LogP contribution in [0.2, 0.25) is 0 Å².